The van der Waals surface area contributed by atoms with E-state index in [4.69, 9.17) is 9.84 Å². The molecule has 116 valence electrons. The molecule has 9 heteroatoms. The van der Waals surface area contributed by atoms with Gasteiger partial charge in [-0.25, -0.2) is 13.2 Å². The molecular formula is C11H20N2O6S. The number of aliphatic carboxylic acids is 1. The molecular weight excluding hydrogens is 288 g/mol. The zero-order valence-electron chi connectivity index (χ0n) is 11.4. The average Bonchev–Trinajstić information content (AvgIpc) is 2.36. The summed E-state index contributed by atoms with van der Waals surface area (Å²) in [4.78, 5) is 23.8. The van der Waals surface area contributed by atoms with E-state index in [0.29, 0.717) is 12.8 Å². The third-order valence-electron chi connectivity index (χ3n) is 3.06. The lowest BCUT2D eigenvalue weighted by atomic mass is 10.1. The second-order valence-electron chi connectivity index (χ2n) is 4.68. The van der Waals surface area contributed by atoms with E-state index in [9.17, 15) is 18.0 Å². The van der Waals surface area contributed by atoms with Crippen LogP contribution in [0.2, 0.25) is 0 Å². The first kappa shape index (κ1) is 16.7. The van der Waals surface area contributed by atoms with Gasteiger partial charge in [-0.1, -0.05) is 0 Å². The number of sulfone groups is 1. The molecule has 0 radical (unpaired) electrons. The number of nitrogens with zero attached hydrogens (tertiary/aromatic N) is 1. The van der Waals surface area contributed by atoms with E-state index in [1.807, 2.05) is 0 Å². The van der Waals surface area contributed by atoms with Crippen LogP contribution in [0, 0.1) is 0 Å². The summed E-state index contributed by atoms with van der Waals surface area (Å²) >= 11 is 0. The number of carboxylic acids is 1. The summed E-state index contributed by atoms with van der Waals surface area (Å²) in [7, 11) is -1.52. The number of methoxy groups -OCH3 is 1. The van der Waals surface area contributed by atoms with Crippen molar-refractivity contribution in [1.29, 1.82) is 0 Å². The molecule has 1 aliphatic rings. The van der Waals surface area contributed by atoms with Gasteiger partial charge in [-0.3, -0.25) is 4.79 Å². The molecule has 0 aromatic rings. The van der Waals surface area contributed by atoms with Gasteiger partial charge < -0.3 is 20.1 Å². The third kappa shape index (κ3) is 5.74. The molecule has 0 spiro atoms. The number of amides is 2. The molecule has 1 heterocycles. The molecule has 1 fully saturated rings. The van der Waals surface area contributed by atoms with Crippen molar-refractivity contribution in [2.45, 2.75) is 18.9 Å². The van der Waals surface area contributed by atoms with Crippen LogP contribution in [0.5, 0.6) is 0 Å². The van der Waals surface area contributed by atoms with Crippen molar-refractivity contribution in [1.82, 2.24) is 10.2 Å². The summed E-state index contributed by atoms with van der Waals surface area (Å²) in [5.41, 5.74) is 0. The maximum absolute atomic E-state index is 12.0. The number of urea groups is 1. The number of ether oxygens (including phenoxy) is 1. The van der Waals surface area contributed by atoms with E-state index in [2.05, 4.69) is 5.32 Å². The van der Waals surface area contributed by atoms with E-state index in [0.717, 1.165) is 4.90 Å². The van der Waals surface area contributed by atoms with Gasteiger partial charge in [0.2, 0.25) is 0 Å². The van der Waals surface area contributed by atoms with Crippen LogP contribution in [-0.2, 0) is 19.4 Å². The Balaban J connectivity index is 2.50. The molecule has 2 amide bonds. The standard InChI is InChI=1S/C11H20N2O6S/c1-19-5-4-13(8-10(14)15)11(16)12-9-2-6-20(17,18)7-3-9/h9H,2-8H2,1H3,(H,12,16)(H,14,15). The largest absolute Gasteiger partial charge is 0.480 e. The van der Waals surface area contributed by atoms with E-state index in [1.165, 1.54) is 7.11 Å². The molecule has 0 bridgehead atoms. The Kier molecular flexibility index (Phi) is 6.21. The molecule has 1 rings (SSSR count). The first-order valence-corrected chi connectivity index (χ1v) is 8.13. The first-order chi connectivity index (χ1) is 9.34. The lowest BCUT2D eigenvalue weighted by molar-refractivity contribution is -0.137. The predicted octanol–water partition coefficient (Wildman–Crippen LogP) is -0.694. The molecule has 0 saturated carbocycles. The summed E-state index contributed by atoms with van der Waals surface area (Å²) in [6, 6.07) is -0.737. The number of rotatable bonds is 6. The molecule has 2 N–H and O–H groups in total. The molecule has 0 aliphatic carbocycles. The van der Waals surface area contributed by atoms with Crippen molar-refractivity contribution in [3.8, 4) is 0 Å². The van der Waals surface area contributed by atoms with Crippen molar-refractivity contribution in [3.05, 3.63) is 0 Å². The Bertz CT molecular complexity index is 436. The number of carbonyl (C=O) groups excluding carboxylic acids is 1. The third-order valence-corrected chi connectivity index (χ3v) is 4.78. The molecule has 8 nitrogen and oxygen atoms in total. The highest BCUT2D eigenvalue weighted by Crippen LogP contribution is 2.12. The van der Waals surface area contributed by atoms with Gasteiger partial charge in [-0.15, -0.1) is 0 Å². The van der Waals surface area contributed by atoms with Crippen molar-refractivity contribution >= 4 is 21.8 Å². The summed E-state index contributed by atoms with van der Waals surface area (Å²) < 4.78 is 27.4. The average molecular weight is 308 g/mol. The van der Waals surface area contributed by atoms with Crippen molar-refractivity contribution in [2.75, 3.05) is 38.3 Å². The maximum atomic E-state index is 12.0. The van der Waals surface area contributed by atoms with E-state index in [-0.39, 0.29) is 30.7 Å². The van der Waals surface area contributed by atoms with E-state index < -0.39 is 28.4 Å². The molecule has 1 aliphatic heterocycles. The van der Waals surface area contributed by atoms with E-state index in [1.54, 1.807) is 0 Å². The first-order valence-electron chi connectivity index (χ1n) is 6.30. The second-order valence-corrected chi connectivity index (χ2v) is 6.99. The fraction of sp³-hybridized carbons (Fsp3) is 0.818. The van der Waals surface area contributed by atoms with Crippen LogP contribution < -0.4 is 5.32 Å². The molecule has 20 heavy (non-hydrogen) atoms. The van der Waals surface area contributed by atoms with Gasteiger partial charge in [-0.2, -0.15) is 0 Å². The molecule has 0 atom stereocenters. The summed E-state index contributed by atoms with van der Waals surface area (Å²) in [6.07, 6.45) is 0.721. The fourth-order valence-corrected chi connectivity index (χ4v) is 3.41. The fourth-order valence-electron chi connectivity index (χ4n) is 1.92. The van der Waals surface area contributed by atoms with Crippen LogP contribution in [0.25, 0.3) is 0 Å². The minimum absolute atomic E-state index is 0.0505. The predicted molar refractivity (Wildman–Crippen MR) is 71.3 cm³/mol. The Hall–Kier alpha value is -1.35. The van der Waals surface area contributed by atoms with Crippen molar-refractivity contribution < 1.29 is 27.9 Å². The van der Waals surface area contributed by atoms with Gasteiger partial charge >= 0.3 is 12.0 Å². The van der Waals surface area contributed by atoms with Crippen LogP contribution in [0.1, 0.15) is 12.8 Å². The molecule has 1 saturated heterocycles. The van der Waals surface area contributed by atoms with Gasteiger partial charge in [0.05, 0.1) is 18.1 Å². The summed E-state index contributed by atoms with van der Waals surface area (Å²) in [6.45, 7) is -0.0143. The summed E-state index contributed by atoms with van der Waals surface area (Å²) in [5.74, 6) is -1.01. The second kappa shape index (κ2) is 7.44. The number of carbonyl (C=O) groups is 2. The van der Waals surface area contributed by atoms with Gasteiger partial charge in [0.15, 0.2) is 0 Å². The maximum Gasteiger partial charge on any atom is 0.323 e. The van der Waals surface area contributed by atoms with Crippen LogP contribution in [0.15, 0.2) is 0 Å². The molecule has 0 aromatic heterocycles. The van der Waals surface area contributed by atoms with Gasteiger partial charge in [-0.05, 0) is 12.8 Å². The van der Waals surface area contributed by atoms with Crippen LogP contribution in [0.3, 0.4) is 0 Å². The van der Waals surface area contributed by atoms with Crippen LogP contribution >= 0.6 is 0 Å². The minimum atomic E-state index is -2.98. The zero-order chi connectivity index (χ0) is 15.2. The van der Waals surface area contributed by atoms with Crippen molar-refractivity contribution in [3.63, 3.8) is 0 Å². The van der Waals surface area contributed by atoms with Crippen LogP contribution in [0.4, 0.5) is 4.79 Å². The lowest BCUT2D eigenvalue weighted by Crippen LogP contribution is -2.49. The Morgan fingerprint density at radius 2 is 1.95 bits per heavy atom. The monoisotopic (exact) mass is 308 g/mol. The smallest absolute Gasteiger partial charge is 0.323 e. The number of hydrogen-bond acceptors (Lipinski definition) is 5. The normalized spacial score (nSPS) is 18.4. The number of hydrogen-bond donors (Lipinski definition) is 2. The topological polar surface area (TPSA) is 113 Å². The van der Waals surface area contributed by atoms with Crippen LogP contribution in [-0.4, -0.2) is 74.8 Å². The Labute approximate surface area is 118 Å². The highest BCUT2D eigenvalue weighted by atomic mass is 32.2. The van der Waals surface area contributed by atoms with Gasteiger partial charge in [0.25, 0.3) is 0 Å². The number of carboxylic acid groups (broad SMARTS) is 1. The quantitative estimate of drug-likeness (QED) is 0.671. The summed E-state index contributed by atoms with van der Waals surface area (Å²) in [5, 5.41) is 11.4. The molecule has 0 unspecified atom stereocenters. The SMILES string of the molecule is COCCN(CC(=O)O)C(=O)NC1CCS(=O)(=O)CC1. The number of nitrogens with one attached hydrogen (secondary N) is 1. The molecule has 0 aromatic carbocycles. The van der Waals surface area contributed by atoms with Gasteiger partial charge in [0, 0.05) is 19.7 Å². The highest BCUT2D eigenvalue weighted by Gasteiger charge is 2.26. The Morgan fingerprint density at radius 1 is 1.35 bits per heavy atom. The van der Waals surface area contributed by atoms with E-state index >= 15 is 0 Å². The lowest BCUT2D eigenvalue weighted by Gasteiger charge is -2.27. The van der Waals surface area contributed by atoms with Crippen molar-refractivity contribution in [2.24, 2.45) is 0 Å². The van der Waals surface area contributed by atoms with Gasteiger partial charge in [0.1, 0.15) is 16.4 Å². The zero-order valence-corrected chi connectivity index (χ0v) is 12.2. The minimum Gasteiger partial charge on any atom is -0.480 e. The highest BCUT2D eigenvalue weighted by molar-refractivity contribution is 7.91. The Morgan fingerprint density at radius 3 is 2.45 bits per heavy atom.